The molecule has 0 bridgehead atoms. The average molecular weight is 315 g/mol. The first-order valence-electron chi connectivity index (χ1n) is 7.36. The van der Waals surface area contributed by atoms with Crippen LogP contribution < -0.4 is 5.32 Å². The molecule has 2 N–H and O–H groups in total. The lowest BCUT2D eigenvalue weighted by atomic mass is 9.80. The monoisotopic (exact) mass is 315 g/mol. The number of nitrogens with one attached hydrogen (secondary N) is 1. The molecule has 0 aromatic rings. The molecule has 1 aliphatic carbocycles. The van der Waals surface area contributed by atoms with E-state index in [1.165, 1.54) is 6.92 Å². The second kappa shape index (κ2) is 6.54. The van der Waals surface area contributed by atoms with Crippen molar-refractivity contribution in [2.75, 3.05) is 0 Å². The highest BCUT2D eigenvalue weighted by Crippen LogP contribution is 2.43. The Kier molecular flexibility index (Phi) is 5.43. The minimum Gasteiger partial charge on any atom is -0.481 e. The quantitative estimate of drug-likeness (QED) is 0.770. The minimum absolute atomic E-state index is 0.204. The number of rotatable bonds is 4. The maximum Gasteiger partial charge on any atom is 0.407 e. The van der Waals surface area contributed by atoms with E-state index in [-0.39, 0.29) is 12.5 Å². The van der Waals surface area contributed by atoms with Crippen molar-refractivity contribution in [2.45, 2.75) is 71.6 Å². The molecule has 7 nitrogen and oxygen atoms in total. The fourth-order valence-electron chi connectivity index (χ4n) is 2.77. The third-order valence-electron chi connectivity index (χ3n) is 3.82. The summed E-state index contributed by atoms with van der Waals surface area (Å²) in [6, 6.07) is -0.316. The summed E-state index contributed by atoms with van der Waals surface area (Å²) in [5.41, 5.74) is -1.79. The lowest BCUT2D eigenvalue weighted by Gasteiger charge is -2.30. The normalized spacial score (nSPS) is 26.1. The predicted molar refractivity (Wildman–Crippen MR) is 78.3 cm³/mol. The van der Waals surface area contributed by atoms with Crippen LogP contribution >= 0.6 is 0 Å². The molecule has 1 fully saturated rings. The third kappa shape index (κ3) is 4.61. The van der Waals surface area contributed by atoms with Crippen LogP contribution in [0.4, 0.5) is 4.79 Å². The lowest BCUT2D eigenvalue weighted by molar-refractivity contribution is -0.166. The molecule has 1 aliphatic rings. The highest BCUT2D eigenvalue weighted by Gasteiger charge is 2.51. The van der Waals surface area contributed by atoms with Crippen LogP contribution in [0, 0.1) is 5.41 Å². The van der Waals surface area contributed by atoms with Gasteiger partial charge in [0, 0.05) is 13.0 Å². The van der Waals surface area contributed by atoms with Gasteiger partial charge >= 0.3 is 18.0 Å². The zero-order chi connectivity index (χ0) is 17.1. The number of carbonyl (C=O) groups is 3. The molecular formula is C15H25NO6. The highest BCUT2D eigenvalue weighted by molar-refractivity contribution is 5.77. The Balaban J connectivity index is 2.73. The van der Waals surface area contributed by atoms with Crippen molar-refractivity contribution >= 4 is 18.0 Å². The summed E-state index contributed by atoms with van der Waals surface area (Å²) in [7, 11) is 0. The van der Waals surface area contributed by atoms with E-state index >= 15 is 0 Å². The first-order valence-corrected chi connectivity index (χ1v) is 7.36. The standard InChI is InChI=1S/C15H25NO6/c1-9(21-10(2)17)15(12(18)19)7-6-11(8-15)16-13(20)22-14(3,4)5/h9,11H,6-8H2,1-5H3,(H,16,20)(H,18,19)/t9?,11-,15+/m1/s1. The van der Waals surface area contributed by atoms with E-state index < -0.39 is 35.2 Å². The maximum atomic E-state index is 11.8. The number of ether oxygens (including phenoxy) is 2. The van der Waals surface area contributed by atoms with Gasteiger partial charge in [-0.15, -0.1) is 0 Å². The molecular weight excluding hydrogens is 290 g/mol. The molecule has 1 rings (SSSR count). The molecule has 0 radical (unpaired) electrons. The predicted octanol–water partition coefficient (Wildman–Crippen LogP) is 2.09. The zero-order valence-corrected chi connectivity index (χ0v) is 13.8. The van der Waals surface area contributed by atoms with Gasteiger partial charge in [0.25, 0.3) is 0 Å². The van der Waals surface area contributed by atoms with E-state index in [1.54, 1.807) is 27.7 Å². The Morgan fingerprint density at radius 3 is 2.36 bits per heavy atom. The number of carboxylic acids is 1. The smallest absolute Gasteiger partial charge is 0.407 e. The molecule has 0 aliphatic heterocycles. The molecule has 3 atom stereocenters. The van der Waals surface area contributed by atoms with Crippen LogP contribution in [0.3, 0.4) is 0 Å². The van der Waals surface area contributed by atoms with E-state index in [4.69, 9.17) is 9.47 Å². The summed E-state index contributed by atoms with van der Waals surface area (Å²) in [4.78, 5) is 34.5. The highest BCUT2D eigenvalue weighted by atomic mass is 16.6. The molecule has 126 valence electrons. The Morgan fingerprint density at radius 2 is 1.91 bits per heavy atom. The van der Waals surface area contributed by atoms with E-state index in [9.17, 15) is 19.5 Å². The van der Waals surface area contributed by atoms with Crippen LogP contribution in [-0.4, -0.2) is 40.9 Å². The van der Waals surface area contributed by atoms with E-state index in [2.05, 4.69) is 5.32 Å². The molecule has 7 heteroatoms. The molecule has 0 spiro atoms. The number of carboxylic acid groups (broad SMARTS) is 1. The number of hydrogen-bond donors (Lipinski definition) is 2. The first kappa shape index (κ1) is 18.3. The molecule has 0 saturated heterocycles. The summed E-state index contributed by atoms with van der Waals surface area (Å²) in [6.07, 6.45) is -0.295. The molecule has 1 amide bonds. The van der Waals surface area contributed by atoms with Crippen LogP contribution in [0.15, 0.2) is 0 Å². The third-order valence-corrected chi connectivity index (χ3v) is 3.82. The van der Waals surface area contributed by atoms with Crippen LogP contribution in [-0.2, 0) is 19.1 Å². The van der Waals surface area contributed by atoms with Gasteiger partial charge in [0.05, 0.1) is 0 Å². The molecule has 0 aromatic carbocycles. The van der Waals surface area contributed by atoms with E-state index in [0.717, 1.165) is 0 Å². The Morgan fingerprint density at radius 1 is 1.32 bits per heavy atom. The van der Waals surface area contributed by atoms with Crippen molar-refractivity contribution in [3.8, 4) is 0 Å². The van der Waals surface area contributed by atoms with Gasteiger partial charge in [0.2, 0.25) is 0 Å². The largest absolute Gasteiger partial charge is 0.481 e. The maximum absolute atomic E-state index is 11.8. The second-order valence-corrected chi connectivity index (χ2v) is 6.80. The van der Waals surface area contributed by atoms with Gasteiger partial charge in [-0.25, -0.2) is 4.79 Å². The van der Waals surface area contributed by atoms with Crippen molar-refractivity contribution in [3.05, 3.63) is 0 Å². The van der Waals surface area contributed by atoms with Gasteiger partial charge < -0.3 is 19.9 Å². The molecule has 0 aromatic heterocycles. The summed E-state index contributed by atoms with van der Waals surface area (Å²) in [6.45, 7) is 8.09. The van der Waals surface area contributed by atoms with Gasteiger partial charge in [-0.2, -0.15) is 0 Å². The van der Waals surface area contributed by atoms with Crippen molar-refractivity contribution in [2.24, 2.45) is 5.41 Å². The molecule has 1 saturated carbocycles. The number of hydrogen-bond acceptors (Lipinski definition) is 5. The van der Waals surface area contributed by atoms with Crippen molar-refractivity contribution in [1.29, 1.82) is 0 Å². The summed E-state index contributed by atoms with van der Waals surface area (Å²) >= 11 is 0. The van der Waals surface area contributed by atoms with E-state index in [1.807, 2.05) is 0 Å². The van der Waals surface area contributed by atoms with Crippen molar-refractivity contribution < 1.29 is 29.0 Å². The van der Waals surface area contributed by atoms with Gasteiger partial charge in [0.15, 0.2) is 0 Å². The summed E-state index contributed by atoms with van der Waals surface area (Å²) in [5.74, 6) is -1.54. The Hall–Kier alpha value is -1.79. The number of carbonyl (C=O) groups excluding carboxylic acids is 2. The number of alkyl carbamates (subject to hydrolysis) is 1. The van der Waals surface area contributed by atoms with Gasteiger partial charge in [-0.05, 0) is 47.0 Å². The Labute approximate surface area is 130 Å². The topological polar surface area (TPSA) is 102 Å². The first-order chi connectivity index (χ1) is 9.96. The van der Waals surface area contributed by atoms with Crippen LogP contribution in [0.5, 0.6) is 0 Å². The molecule has 22 heavy (non-hydrogen) atoms. The lowest BCUT2D eigenvalue weighted by Crippen LogP contribution is -2.44. The fraction of sp³-hybridized carbons (Fsp3) is 0.800. The second-order valence-electron chi connectivity index (χ2n) is 6.80. The fourth-order valence-corrected chi connectivity index (χ4v) is 2.77. The van der Waals surface area contributed by atoms with Gasteiger partial charge in [0.1, 0.15) is 17.1 Å². The summed E-state index contributed by atoms with van der Waals surface area (Å²) < 4.78 is 10.2. The average Bonchev–Trinajstić information content (AvgIpc) is 2.70. The number of aliphatic carboxylic acids is 1. The number of amides is 1. The number of esters is 1. The Bertz CT molecular complexity index is 455. The SMILES string of the molecule is CC(=O)OC(C)[C@]1(C(=O)O)CC[C@@H](NC(=O)OC(C)(C)C)C1. The molecule has 1 unspecified atom stereocenters. The zero-order valence-electron chi connectivity index (χ0n) is 13.8. The molecule has 0 heterocycles. The van der Waals surface area contributed by atoms with Gasteiger partial charge in [-0.1, -0.05) is 0 Å². The van der Waals surface area contributed by atoms with E-state index in [0.29, 0.717) is 12.8 Å². The summed E-state index contributed by atoms with van der Waals surface area (Å²) in [5, 5.41) is 12.2. The van der Waals surface area contributed by atoms with Gasteiger partial charge in [-0.3, -0.25) is 9.59 Å². The van der Waals surface area contributed by atoms with Crippen molar-refractivity contribution in [3.63, 3.8) is 0 Å². The van der Waals surface area contributed by atoms with Crippen LogP contribution in [0.2, 0.25) is 0 Å². The van der Waals surface area contributed by atoms with Crippen LogP contribution in [0.25, 0.3) is 0 Å². The van der Waals surface area contributed by atoms with Crippen molar-refractivity contribution in [1.82, 2.24) is 5.32 Å². The minimum atomic E-state index is -1.18. The van der Waals surface area contributed by atoms with Crippen LogP contribution in [0.1, 0.15) is 53.9 Å².